The molecule has 101 heavy (non-hydrogen) atoms. The third-order valence-corrected chi connectivity index (χ3v) is 20.9. The molecule has 2 amide bonds. The second kappa shape index (κ2) is 37.6. The highest BCUT2D eigenvalue weighted by atomic mass is 35.5. The third-order valence-electron chi connectivity index (χ3n) is 19.3. The van der Waals surface area contributed by atoms with E-state index in [1.54, 1.807) is 44.4 Å². The molecule has 3 aliphatic rings. The first-order chi connectivity index (χ1) is 47.8. The molecule has 0 bridgehead atoms. The van der Waals surface area contributed by atoms with Crippen LogP contribution in [0.15, 0.2) is 109 Å². The Kier molecular flexibility index (Phi) is 31.3. The number of carbonyl (C=O) groups is 3. The summed E-state index contributed by atoms with van der Waals surface area (Å²) in [5, 5.41) is 42.8. The highest BCUT2D eigenvalue weighted by Crippen LogP contribution is 2.49. The molecule has 6 aromatic carbocycles. The molecule has 554 valence electrons. The standard InChI is InChI=1S/2C25H32Cl2N2O4.C25H31Cl2NO5.CH5N/c2*1-24(2)16-29(12-10-25(24,31)17-6-8-18(26)9-7-17)11-5-13-33-21-15-22(32-4)20(27)14-19(21)23(30)28-3;1-24(2)16-28(12-10-25(24,30)17-6-8-18(26)9-7-17)11-5-13-33-21-15-22(31-3)20(27)14-19(21)23(29)32-4;1-2/h2*6-9,14-15,31H,5,10-13,16H2,1-4H3,(H,28,30);6-9,14-15,30H,5,10-13,16H2,1-4H3;2H2,1H3. The minimum Gasteiger partial charge on any atom is -0.495 e. The number of amides is 2. The highest BCUT2D eigenvalue weighted by molar-refractivity contribution is 6.33. The Labute approximate surface area is 626 Å². The topological polar surface area (TPSA) is 236 Å². The van der Waals surface area contributed by atoms with Gasteiger partial charge in [-0.15, -0.1) is 0 Å². The second-order valence-corrected chi connectivity index (χ2v) is 29.6. The lowest BCUT2D eigenvalue weighted by Crippen LogP contribution is -2.55. The number of hydrogen-bond donors (Lipinski definition) is 6. The predicted octanol–water partition coefficient (Wildman–Crippen LogP) is 14.3. The lowest BCUT2D eigenvalue weighted by atomic mass is 9.66. The lowest BCUT2D eigenvalue weighted by Gasteiger charge is -2.50. The average molecular weight is 1520 g/mol. The third kappa shape index (κ3) is 20.9. The summed E-state index contributed by atoms with van der Waals surface area (Å²) in [6.07, 6.45) is 4.20. The summed E-state index contributed by atoms with van der Waals surface area (Å²) in [7, 11) is 10.5. The Morgan fingerprint density at radius 3 is 0.921 bits per heavy atom. The molecule has 19 nitrogen and oxygen atoms in total. The van der Waals surface area contributed by atoms with Gasteiger partial charge < -0.3 is 79.5 Å². The fourth-order valence-corrected chi connectivity index (χ4v) is 14.5. The molecule has 0 aromatic heterocycles. The Morgan fingerprint density at radius 1 is 0.426 bits per heavy atom. The van der Waals surface area contributed by atoms with Crippen molar-refractivity contribution in [3.05, 3.63) is 173 Å². The van der Waals surface area contributed by atoms with E-state index in [2.05, 4.69) is 72.6 Å². The van der Waals surface area contributed by atoms with Crippen LogP contribution in [0, 0.1) is 16.2 Å². The van der Waals surface area contributed by atoms with Gasteiger partial charge in [-0.25, -0.2) is 4.79 Å². The fraction of sp³-hybridized carbons (Fsp3) is 0.487. The number of aliphatic hydroxyl groups is 3. The Bertz CT molecular complexity index is 3320. The van der Waals surface area contributed by atoms with Gasteiger partial charge in [-0.05, 0) is 117 Å². The van der Waals surface area contributed by atoms with Crippen LogP contribution in [0.25, 0.3) is 0 Å². The second-order valence-electron chi connectivity index (χ2n) is 27.0. The molecule has 9 rings (SSSR count). The van der Waals surface area contributed by atoms with E-state index in [1.807, 2.05) is 72.8 Å². The number of nitrogens with one attached hydrogen (secondary N) is 2. The van der Waals surface area contributed by atoms with Gasteiger partial charge in [0.25, 0.3) is 11.8 Å². The van der Waals surface area contributed by atoms with Crippen molar-refractivity contribution in [2.75, 3.05) is 128 Å². The molecule has 7 N–H and O–H groups in total. The van der Waals surface area contributed by atoms with Gasteiger partial charge in [0.05, 0.1) is 91.3 Å². The molecule has 6 aromatic rings. The molecular formula is C76H100Cl6N6O13. The van der Waals surface area contributed by atoms with Crippen LogP contribution in [0.4, 0.5) is 0 Å². The molecule has 0 aliphatic carbocycles. The Morgan fingerprint density at radius 2 is 0.683 bits per heavy atom. The normalized spacial score (nSPS) is 20.0. The molecule has 3 atom stereocenters. The maximum atomic E-state index is 12.2. The van der Waals surface area contributed by atoms with Crippen LogP contribution in [0.3, 0.4) is 0 Å². The van der Waals surface area contributed by atoms with E-state index < -0.39 is 22.8 Å². The molecule has 3 unspecified atom stereocenters. The number of nitrogens with zero attached hydrogens (tertiary/aromatic N) is 3. The number of carbonyl (C=O) groups excluding carboxylic acids is 3. The lowest BCUT2D eigenvalue weighted by molar-refractivity contribution is -0.125. The largest absolute Gasteiger partial charge is 0.495 e. The van der Waals surface area contributed by atoms with E-state index in [9.17, 15) is 29.7 Å². The van der Waals surface area contributed by atoms with E-state index in [0.717, 1.165) is 94.9 Å². The van der Waals surface area contributed by atoms with Gasteiger partial charge in [-0.2, -0.15) is 0 Å². The summed E-state index contributed by atoms with van der Waals surface area (Å²) >= 11 is 36.6. The summed E-state index contributed by atoms with van der Waals surface area (Å²) in [6.45, 7) is 20.9. The van der Waals surface area contributed by atoms with Crippen LogP contribution in [0.1, 0.15) is 128 Å². The van der Waals surface area contributed by atoms with Crippen molar-refractivity contribution in [3.8, 4) is 34.5 Å². The molecule has 0 spiro atoms. The molecule has 0 radical (unpaired) electrons. The number of esters is 1. The van der Waals surface area contributed by atoms with Crippen LogP contribution in [-0.4, -0.2) is 176 Å². The van der Waals surface area contributed by atoms with Gasteiger partial charge in [0.1, 0.15) is 40.1 Å². The van der Waals surface area contributed by atoms with Gasteiger partial charge >= 0.3 is 5.97 Å². The maximum absolute atomic E-state index is 12.2. The van der Waals surface area contributed by atoms with E-state index in [0.29, 0.717) is 115 Å². The highest BCUT2D eigenvalue weighted by Gasteiger charge is 2.51. The minimum atomic E-state index is -0.917. The minimum absolute atomic E-state index is 0.260. The number of piperidine rings is 3. The first kappa shape index (κ1) is 83.9. The maximum Gasteiger partial charge on any atom is 0.341 e. The van der Waals surface area contributed by atoms with Crippen LogP contribution >= 0.6 is 69.6 Å². The number of likely N-dealkylation sites (tertiary alicyclic amines) is 3. The zero-order chi connectivity index (χ0) is 74.7. The van der Waals surface area contributed by atoms with Crippen molar-refractivity contribution in [3.63, 3.8) is 0 Å². The van der Waals surface area contributed by atoms with E-state index >= 15 is 0 Å². The van der Waals surface area contributed by atoms with Crippen molar-refractivity contribution >= 4 is 87.4 Å². The SMILES string of the molecule is CN.CNC(=O)c1cc(Cl)c(OC)cc1OCCCN1CCC(O)(c2ccc(Cl)cc2)C(C)(C)C1.CNC(=O)c1cc(Cl)c(OC)cc1OCCCN1CCC(O)(c2ccc(Cl)cc2)C(C)(C)C1.COC(=O)c1cc(Cl)c(OC)cc1OCCCN1CCC(O)(c2ccc(Cl)cc2)C(C)(C)C1. The van der Waals surface area contributed by atoms with Crippen molar-refractivity contribution in [2.24, 2.45) is 22.0 Å². The van der Waals surface area contributed by atoms with Crippen LogP contribution in [-0.2, 0) is 21.5 Å². The van der Waals surface area contributed by atoms with Crippen molar-refractivity contribution in [1.82, 2.24) is 25.3 Å². The van der Waals surface area contributed by atoms with Crippen molar-refractivity contribution < 1.29 is 62.9 Å². The zero-order valence-corrected chi connectivity index (χ0v) is 64.8. The average Bonchev–Trinajstić information content (AvgIpc) is 0.769. The monoisotopic (exact) mass is 1510 g/mol. The van der Waals surface area contributed by atoms with Crippen LogP contribution < -0.4 is 44.8 Å². The van der Waals surface area contributed by atoms with E-state index in [1.165, 1.54) is 41.6 Å². The summed E-state index contributed by atoms with van der Waals surface area (Å²) in [6, 6.07) is 31.9. The molecule has 3 fully saturated rings. The van der Waals surface area contributed by atoms with Crippen molar-refractivity contribution in [1.29, 1.82) is 0 Å². The first-order valence-corrected chi connectivity index (χ1v) is 35.8. The Balaban J connectivity index is 0.000000235. The molecule has 3 heterocycles. The van der Waals surface area contributed by atoms with Crippen LogP contribution in [0.2, 0.25) is 30.1 Å². The number of halogens is 6. The molecule has 3 aliphatic heterocycles. The smallest absolute Gasteiger partial charge is 0.341 e. The molecular weight excluding hydrogens is 1420 g/mol. The quantitative estimate of drug-likeness (QED) is 0.0244. The fourth-order valence-electron chi connectivity index (χ4n) is 13.4. The van der Waals surface area contributed by atoms with Gasteiger partial charge in [0, 0.05) is 123 Å². The van der Waals surface area contributed by atoms with E-state index in [-0.39, 0.29) is 33.6 Å². The molecule has 0 saturated carbocycles. The number of methoxy groups -OCH3 is 4. The van der Waals surface area contributed by atoms with Gasteiger partial charge in [-0.3, -0.25) is 9.59 Å². The molecule has 25 heteroatoms. The van der Waals surface area contributed by atoms with Gasteiger partial charge in [0.15, 0.2) is 0 Å². The van der Waals surface area contributed by atoms with E-state index in [4.69, 9.17) is 103 Å². The number of hydrogen-bond acceptors (Lipinski definition) is 17. The number of rotatable bonds is 24. The van der Waals surface area contributed by atoms with Crippen molar-refractivity contribution in [2.45, 2.75) is 96.9 Å². The Hall–Kier alpha value is -6.01. The van der Waals surface area contributed by atoms with Crippen LogP contribution in [0.5, 0.6) is 34.5 Å². The summed E-state index contributed by atoms with van der Waals surface area (Å²) < 4.78 is 38.4. The van der Waals surface area contributed by atoms with Gasteiger partial charge in [-0.1, -0.05) is 148 Å². The first-order valence-electron chi connectivity index (χ1n) is 33.6. The summed E-state index contributed by atoms with van der Waals surface area (Å²) in [5.74, 6) is 1.53. The van der Waals surface area contributed by atoms with Gasteiger partial charge in [0.2, 0.25) is 0 Å². The number of ether oxygens (including phenoxy) is 7. The summed E-state index contributed by atoms with van der Waals surface area (Å²) in [4.78, 5) is 43.5. The number of nitrogens with two attached hydrogens (primary N) is 1. The number of benzene rings is 6. The predicted molar refractivity (Wildman–Crippen MR) is 403 cm³/mol. The zero-order valence-electron chi connectivity index (χ0n) is 60.2. The molecule has 3 saturated heterocycles. The summed E-state index contributed by atoms with van der Waals surface area (Å²) in [5.41, 5.74) is 4.44.